The van der Waals surface area contributed by atoms with Crippen LogP contribution in [0.3, 0.4) is 0 Å². The molecule has 1 atom stereocenters. The summed E-state index contributed by atoms with van der Waals surface area (Å²) >= 11 is 0. The second-order valence-electron chi connectivity index (χ2n) is 6.26. The van der Waals surface area contributed by atoms with Crippen LogP contribution in [0.5, 0.6) is 5.75 Å². The number of anilines is 1. The summed E-state index contributed by atoms with van der Waals surface area (Å²) < 4.78 is 44.2. The summed E-state index contributed by atoms with van der Waals surface area (Å²) in [7, 11) is 0. The molecule has 0 spiro atoms. The van der Waals surface area contributed by atoms with E-state index in [2.05, 4.69) is 15.0 Å². The fourth-order valence-electron chi connectivity index (χ4n) is 2.88. The SMILES string of the molecule is Cc1cc(C(=O)O)nc(N2CCC(COc3cccnc3C(F)(F)F)C2)n1. The van der Waals surface area contributed by atoms with Crippen LogP contribution in [-0.2, 0) is 6.18 Å². The molecule has 10 heteroatoms. The molecule has 0 bridgehead atoms. The highest BCUT2D eigenvalue weighted by Gasteiger charge is 2.36. The Labute approximate surface area is 152 Å². The van der Waals surface area contributed by atoms with Gasteiger partial charge in [-0.15, -0.1) is 0 Å². The molecule has 7 nitrogen and oxygen atoms in total. The number of halogens is 3. The molecule has 0 radical (unpaired) electrons. The summed E-state index contributed by atoms with van der Waals surface area (Å²) in [4.78, 5) is 24.6. The van der Waals surface area contributed by atoms with Crippen molar-refractivity contribution < 1.29 is 27.8 Å². The minimum atomic E-state index is -4.58. The Balaban J connectivity index is 1.66. The van der Waals surface area contributed by atoms with E-state index in [4.69, 9.17) is 9.84 Å². The van der Waals surface area contributed by atoms with Crippen molar-refractivity contribution in [2.24, 2.45) is 5.92 Å². The largest absolute Gasteiger partial charge is 0.491 e. The molecule has 144 valence electrons. The molecule has 3 heterocycles. The number of alkyl halides is 3. The smallest absolute Gasteiger partial charge is 0.437 e. The van der Waals surface area contributed by atoms with Crippen LogP contribution in [0.4, 0.5) is 19.1 Å². The molecule has 0 aromatic carbocycles. The predicted octanol–water partition coefficient (Wildman–Crippen LogP) is 2.80. The van der Waals surface area contributed by atoms with Gasteiger partial charge in [0.25, 0.3) is 0 Å². The molecule has 0 amide bonds. The molecule has 1 aliphatic rings. The number of rotatable bonds is 5. The standard InChI is InChI=1S/C17H17F3N4O3/c1-10-7-12(15(25)26)23-16(22-10)24-6-4-11(8-24)9-27-13-3-2-5-21-14(13)17(18,19)20/h2-3,5,7,11H,4,6,8-9H2,1H3,(H,25,26). The van der Waals surface area contributed by atoms with Crippen molar-refractivity contribution in [3.8, 4) is 5.75 Å². The van der Waals surface area contributed by atoms with Crippen molar-refractivity contribution >= 4 is 11.9 Å². The van der Waals surface area contributed by atoms with Crippen molar-refractivity contribution in [1.82, 2.24) is 15.0 Å². The molecule has 2 aromatic heterocycles. The number of carbonyl (C=O) groups is 1. The van der Waals surface area contributed by atoms with Crippen molar-refractivity contribution in [1.29, 1.82) is 0 Å². The Bertz CT molecular complexity index is 844. The van der Waals surface area contributed by atoms with E-state index in [0.717, 1.165) is 6.20 Å². The first-order valence-corrected chi connectivity index (χ1v) is 8.23. The number of carboxylic acids is 1. The molecular formula is C17H17F3N4O3. The molecule has 3 rings (SSSR count). The lowest BCUT2D eigenvalue weighted by Crippen LogP contribution is -2.25. The fraction of sp³-hybridized carbons (Fsp3) is 0.412. The zero-order chi connectivity index (χ0) is 19.6. The van der Waals surface area contributed by atoms with Crippen LogP contribution >= 0.6 is 0 Å². The molecule has 0 aliphatic carbocycles. The van der Waals surface area contributed by atoms with Crippen LogP contribution in [-0.4, -0.2) is 45.7 Å². The fourth-order valence-corrected chi connectivity index (χ4v) is 2.88. The van der Waals surface area contributed by atoms with Crippen molar-refractivity contribution in [3.63, 3.8) is 0 Å². The summed E-state index contributed by atoms with van der Waals surface area (Å²) in [5, 5.41) is 9.10. The number of ether oxygens (including phenoxy) is 1. The van der Waals surface area contributed by atoms with Gasteiger partial charge in [0.1, 0.15) is 5.75 Å². The average molecular weight is 382 g/mol. The summed E-state index contributed by atoms with van der Waals surface area (Å²) in [6.07, 6.45) is -2.84. The normalized spacial score (nSPS) is 17.2. The van der Waals surface area contributed by atoms with Crippen LogP contribution in [0.1, 0.15) is 28.3 Å². The van der Waals surface area contributed by atoms with E-state index < -0.39 is 17.8 Å². The monoisotopic (exact) mass is 382 g/mol. The van der Waals surface area contributed by atoms with E-state index in [-0.39, 0.29) is 24.0 Å². The minimum Gasteiger partial charge on any atom is -0.491 e. The van der Waals surface area contributed by atoms with Crippen LogP contribution in [0.2, 0.25) is 0 Å². The summed E-state index contributed by atoms with van der Waals surface area (Å²) in [5.41, 5.74) is -0.613. The topological polar surface area (TPSA) is 88.4 Å². The molecule has 1 aliphatic heterocycles. The van der Waals surface area contributed by atoms with E-state index in [1.54, 1.807) is 11.8 Å². The Morgan fingerprint density at radius 1 is 1.41 bits per heavy atom. The number of hydrogen-bond donors (Lipinski definition) is 1. The van der Waals surface area contributed by atoms with Crippen LogP contribution in [0.25, 0.3) is 0 Å². The second-order valence-corrected chi connectivity index (χ2v) is 6.26. The maximum Gasteiger partial charge on any atom is 0.437 e. The van der Waals surface area contributed by atoms with Gasteiger partial charge in [-0.1, -0.05) is 0 Å². The number of carboxylic acid groups (broad SMARTS) is 1. The molecule has 1 N–H and O–H groups in total. The molecule has 1 saturated heterocycles. The van der Waals surface area contributed by atoms with Crippen LogP contribution in [0.15, 0.2) is 24.4 Å². The summed E-state index contributed by atoms with van der Waals surface area (Å²) in [6.45, 7) is 2.79. The Morgan fingerprint density at radius 2 is 2.19 bits per heavy atom. The van der Waals surface area contributed by atoms with Gasteiger partial charge < -0.3 is 14.7 Å². The summed E-state index contributed by atoms with van der Waals surface area (Å²) in [6, 6.07) is 4.01. The van der Waals surface area contributed by atoms with E-state index in [9.17, 15) is 18.0 Å². The molecule has 0 saturated carbocycles. The van der Waals surface area contributed by atoms with E-state index >= 15 is 0 Å². The van der Waals surface area contributed by atoms with Crippen LogP contribution < -0.4 is 9.64 Å². The highest BCUT2D eigenvalue weighted by atomic mass is 19.4. The maximum absolute atomic E-state index is 13.0. The highest BCUT2D eigenvalue weighted by Crippen LogP contribution is 2.34. The van der Waals surface area contributed by atoms with Gasteiger partial charge in [-0.25, -0.2) is 19.7 Å². The second kappa shape index (κ2) is 7.37. The van der Waals surface area contributed by atoms with Crippen LogP contribution in [0, 0.1) is 12.8 Å². The van der Waals surface area contributed by atoms with E-state index in [0.29, 0.717) is 31.2 Å². The molecule has 1 fully saturated rings. The number of hydrogen-bond acceptors (Lipinski definition) is 6. The van der Waals surface area contributed by atoms with E-state index in [1.165, 1.54) is 18.2 Å². The van der Waals surface area contributed by atoms with Gasteiger partial charge in [0.05, 0.1) is 6.61 Å². The first-order valence-electron chi connectivity index (χ1n) is 8.23. The van der Waals surface area contributed by atoms with Gasteiger partial charge >= 0.3 is 12.1 Å². The average Bonchev–Trinajstić information content (AvgIpc) is 3.08. The van der Waals surface area contributed by atoms with Gasteiger partial charge in [-0.2, -0.15) is 13.2 Å². The highest BCUT2D eigenvalue weighted by molar-refractivity contribution is 5.85. The zero-order valence-electron chi connectivity index (χ0n) is 14.4. The Kier molecular flexibility index (Phi) is 5.15. The number of nitrogens with zero attached hydrogens (tertiary/aromatic N) is 4. The Hall–Kier alpha value is -2.91. The lowest BCUT2D eigenvalue weighted by Gasteiger charge is -2.18. The van der Waals surface area contributed by atoms with Crippen molar-refractivity contribution in [2.45, 2.75) is 19.5 Å². The van der Waals surface area contributed by atoms with Crippen molar-refractivity contribution in [2.75, 3.05) is 24.6 Å². The van der Waals surface area contributed by atoms with Gasteiger partial charge in [0.2, 0.25) is 5.95 Å². The Morgan fingerprint density at radius 3 is 2.89 bits per heavy atom. The molecule has 27 heavy (non-hydrogen) atoms. The third kappa shape index (κ3) is 4.44. The third-order valence-electron chi connectivity index (χ3n) is 4.14. The predicted molar refractivity (Wildman–Crippen MR) is 88.8 cm³/mol. The number of aromatic nitrogens is 3. The van der Waals surface area contributed by atoms with Crippen molar-refractivity contribution in [3.05, 3.63) is 41.5 Å². The first-order chi connectivity index (χ1) is 12.7. The lowest BCUT2D eigenvalue weighted by atomic mass is 10.1. The van der Waals surface area contributed by atoms with E-state index in [1.807, 2.05) is 0 Å². The quantitative estimate of drug-likeness (QED) is 0.851. The lowest BCUT2D eigenvalue weighted by molar-refractivity contribution is -0.142. The first kappa shape index (κ1) is 18.9. The van der Waals surface area contributed by atoms with Gasteiger partial charge in [-0.3, -0.25) is 0 Å². The maximum atomic E-state index is 13.0. The van der Waals surface area contributed by atoms with Gasteiger partial charge in [0.15, 0.2) is 11.4 Å². The zero-order valence-corrected chi connectivity index (χ0v) is 14.4. The number of pyridine rings is 1. The molecule has 1 unspecified atom stereocenters. The summed E-state index contributed by atoms with van der Waals surface area (Å²) in [5.74, 6) is -1.18. The molecule has 2 aromatic rings. The van der Waals surface area contributed by atoms with Gasteiger partial charge in [-0.05, 0) is 31.5 Å². The minimum absolute atomic E-state index is 0.0383. The number of aromatic carboxylic acids is 1. The molecular weight excluding hydrogens is 365 g/mol. The third-order valence-corrected chi connectivity index (χ3v) is 4.14. The van der Waals surface area contributed by atoms with Gasteiger partial charge in [0, 0.05) is 30.9 Å². The number of aryl methyl sites for hydroxylation is 1.